The number of aryl methyl sites for hydroxylation is 2. The molecule has 5 nitrogen and oxygen atoms in total. The molecule has 0 fully saturated rings. The van der Waals surface area contributed by atoms with Gasteiger partial charge in [-0.05, 0) is 38.5 Å². The second-order valence-corrected chi connectivity index (χ2v) is 6.43. The summed E-state index contributed by atoms with van der Waals surface area (Å²) in [6.07, 6.45) is 0.794. The molecule has 1 aliphatic heterocycles. The van der Waals surface area contributed by atoms with Crippen LogP contribution >= 0.6 is 11.3 Å². The number of rotatable bonds is 4. The van der Waals surface area contributed by atoms with Crippen molar-refractivity contribution in [2.75, 3.05) is 6.79 Å². The Labute approximate surface area is 133 Å². The van der Waals surface area contributed by atoms with Gasteiger partial charge in [0.25, 0.3) is 5.91 Å². The molecule has 1 aromatic carbocycles. The van der Waals surface area contributed by atoms with Gasteiger partial charge in [0.05, 0.1) is 11.7 Å². The molecule has 1 aliphatic rings. The topological polar surface area (TPSA) is 60.5 Å². The molecule has 0 aliphatic carbocycles. The van der Waals surface area contributed by atoms with Crippen LogP contribution in [0.2, 0.25) is 0 Å². The average Bonchev–Trinajstić information content (AvgIpc) is 3.10. The van der Waals surface area contributed by atoms with Gasteiger partial charge in [-0.2, -0.15) is 0 Å². The number of fused-ring (bicyclic) bond motifs is 1. The number of thiazole rings is 1. The van der Waals surface area contributed by atoms with Crippen LogP contribution in [0.4, 0.5) is 0 Å². The van der Waals surface area contributed by atoms with Crippen molar-refractivity contribution in [3.8, 4) is 11.5 Å². The van der Waals surface area contributed by atoms with Crippen molar-refractivity contribution in [3.05, 3.63) is 39.3 Å². The van der Waals surface area contributed by atoms with Crippen molar-refractivity contribution >= 4 is 17.2 Å². The highest BCUT2D eigenvalue weighted by molar-refractivity contribution is 7.11. The predicted octanol–water partition coefficient (Wildman–Crippen LogP) is 3.37. The summed E-state index contributed by atoms with van der Waals surface area (Å²) in [6.45, 7) is 6.27. The molecule has 0 saturated carbocycles. The number of amides is 1. The first-order chi connectivity index (χ1) is 10.6. The number of aromatic nitrogens is 1. The minimum absolute atomic E-state index is 0.0738. The quantitative estimate of drug-likeness (QED) is 0.939. The smallest absolute Gasteiger partial charge is 0.251 e. The molecule has 116 valence electrons. The van der Waals surface area contributed by atoms with E-state index >= 15 is 0 Å². The monoisotopic (exact) mass is 318 g/mol. The van der Waals surface area contributed by atoms with E-state index in [-0.39, 0.29) is 18.7 Å². The van der Waals surface area contributed by atoms with E-state index in [1.54, 1.807) is 29.5 Å². The highest BCUT2D eigenvalue weighted by Crippen LogP contribution is 2.33. The fourth-order valence-electron chi connectivity index (χ4n) is 2.26. The molecule has 0 radical (unpaired) electrons. The molecule has 2 aromatic rings. The van der Waals surface area contributed by atoms with Gasteiger partial charge in [-0.25, -0.2) is 4.98 Å². The summed E-state index contributed by atoms with van der Waals surface area (Å²) in [5.41, 5.74) is 1.59. The van der Waals surface area contributed by atoms with Crippen molar-refractivity contribution in [2.45, 2.75) is 33.2 Å². The van der Waals surface area contributed by atoms with Crippen molar-refractivity contribution in [1.82, 2.24) is 10.3 Å². The van der Waals surface area contributed by atoms with Crippen LogP contribution in [0.3, 0.4) is 0 Å². The lowest BCUT2D eigenvalue weighted by Crippen LogP contribution is -2.28. The number of hydrogen-bond acceptors (Lipinski definition) is 5. The number of nitrogens with one attached hydrogen (secondary N) is 1. The molecule has 2 heterocycles. The first-order valence-corrected chi connectivity index (χ1v) is 8.04. The minimum atomic E-state index is -0.129. The molecule has 0 spiro atoms. The first-order valence-electron chi connectivity index (χ1n) is 7.23. The second kappa shape index (κ2) is 5.96. The summed E-state index contributed by atoms with van der Waals surface area (Å²) < 4.78 is 10.6. The largest absolute Gasteiger partial charge is 0.454 e. The molecule has 1 atom stereocenters. The fraction of sp³-hybridized carbons (Fsp3) is 0.375. The lowest BCUT2D eigenvalue weighted by Gasteiger charge is -2.14. The molecule has 1 aromatic heterocycles. The van der Waals surface area contributed by atoms with Crippen LogP contribution in [0.5, 0.6) is 11.5 Å². The third kappa shape index (κ3) is 2.78. The molecular weight excluding hydrogens is 300 g/mol. The summed E-state index contributed by atoms with van der Waals surface area (Å²) in [6, 6.07) is 5.14. The van der Waals surface area contributed by atoms with E-state index in [9.17, 15) is 4.79 Å². The number of carbonyl (C=O) groups excluding carboxylic acids is 1. The number of benzene rings is 1. The summed E-state index contributed by atoms with van der Waals surface area (Å²) in [5, 5.41) is 3.99. The zero-order valence-corrected chi connectivity index (χ0v) is 13.6. The third-order valence-electron chi connectivity index (χ3n) is 3.69. The highest BCUT2D eigenvalue weighted by Gasteiger charge is 2.20. The average molecular weight is 318 g/mol. The molecule has 3 rings (SSSR count). The molecule has 0 unspecified atom stereocenters. The van der Waals surface area contributed by atoms with Gasteiger partial charge in [0.1, 0.15) is 5.01 Å². The Bertz CT molecular complexity index is 692. The SMILES string of the molecule is CC[C@H](NC(=O)c1ccc2c(c1)OCO2)c1nc(C)c(C)s1. The van der Waals surface area contributed by atoms with Gasteiger partial charge in [-0.15, -0.1) is 11.3 Å². The molecule has 1 N–H and O–H groups in total. The van der Waals surface area contributed by atoms with Crippen LogP contribution in [0.1, 0.15) is 45.3 Å². The van der Waals surface area contributed by atoms with Crippen LogP contribution in [0.15, 0.2) is 18.2 Å². The van der Waals surface area contributed by atoms with Crippen LogP contribution in [-0.2, 0) is 0 Å². The van der Waals surface area contributed by atoms with Crippen molar-refractivity contribution in [2.24, 2.45) is 0 Å². The van der Waals surface area contributed by atoms with E-state index < -0.39 is 0 Å². The highest BCUT2D eigenvalue weighted by atomic mass is 32.1. The van der Waals surface area contributed by atoms with Gasteiger partial charge in [-0.3, -0.25) is 4.79 Å². The molecule has 6 heteroatoms. The van der Waals surface area contributed by atoms with Gasteiger partial charge in [0, 0.05) is 10.4 Å². The minimum Gasteiger partial charge on any atom is -0.454 e. The van der Waals surface area contributed by atoms with Gasteiger partial charge in [0.2, 0.25) is 6.79 Å². The molecule has 1 amide bonds. The molecule has 22 heavy (non-hydrogen) atoms. The summed E-state index contributed by atoms with van der Waals surface area (Å²) in [5.74, 6) is 1.16. The normalized spacial score (nSPS) is 14.0. The van der Waals surface area contributed by atoms with E-state index in [0.717, 1.165) is 17.1 Å². The van der Waals surface area contributed by atoms with E-state index in [0.29, 0.717) is 17.1 Å². The number of carbonyl (C=O) groups is 1. The van der Waals surface area contributed by atoms with E-state index in [4.69, 9.17) is 9.47 Å². The Morgan fingerprint density at radius 3 is 2.82 bits per heavy atom. The lowest BCUT2D eigenvalue weighted by atomic mass is 10.1. The van der Waals surface area contributed by atoms with E-state index in [1.807, 2.05) is 20.8 Å². The van der Waals surface area contributed by atoms with E-state index in [1.165, 1.54) is 4.88 Å². The predicted molar refractivity (Wildman–Crippen MR) is 84.7 cm³/mol. The first kappa shape index (κ1) is 14.8. The maximum atomic E-state index is 12.4. The third-order valence-corrected chi connectivity index (χ3v) is 4.88. The number of ether oxygens (including phenoxy) is 2. The Hall–Kier alpha value is -2.08. The Morgan fingerprint density at radius 2 is 2.14 bits per heavy atom. The second-order valence-electron chi connectivity index (χ2n) is 5.20. The number of nitrogens with zero attached hydrogens (tertiary/aromatic N) is 1. The van der Waals surface area contributed by atoms with Crippen molar-refractivity contribution in [1.29, 1.82) is 0 Å². The van der Waals surface area contributed by atoms with Gasteiger partial charge in [0.15, 0.2) is 11.5 Å². The molecule has 0 saturated heterocycles. The van der Waals surface area contributed by atoms with Crippen LogP contribution in [0.25, 0.3) is 0 Å². The zero-order chi connectivity index (χ0) is 15.7. The molecule has 0 bridgehead atoms. The standard InChI is InChI=1S/C16H18N2O3S/c1-4-12(16-17-9(2)10(3)22-16)18-15(19)11-5-6-13-14(7-11)21-8-20-13/h5-7,12H,4,8H2,1-3H3,(H,18,19)/t12-/m0/s1. The maximum absolute atomic E-state index is 12.4. The summed E-state index contributed by atoms with van der Waals surface area (Å²) in [4.78, 5) is 18.2. The fourth-order valence-corrected chi connectivity index (χ4v) is 3.32. The number of hydrogen-bond donors (Lipinski definition) is 1. The van der Waals surface area contributed by atoms with Crippen LogP contribution < -0.4 is 14.8 Å². The summed E-state index contributed by atoms with van der Waals surface area (Å²) in [7, 11) is 0. The molecular formula is C16H18N2O3S. The Morgan fingerprint density at radius 1 is 1.36 bits per heavy atom. The Kier molecular flexibility index (Phi) is 4.02. The van der Waals surface area contributed by atoms with Gasteiger partial charge in [-0.1, -0.05) is 6.92 Å². The zero-order valence-electron chi connectivity index (χ0n) is 12.8. The van der Waals surface area contributed by atoms with Crippen molar-refractivity contribution < 1.29 is 14.3 Å². The van der Waals surface area contributed by atoms with Gasteiger partial charge >= 0.3 is 0 Å². The van der Waals surface area contributed by atoms with Crippen LogP contribution in [0, 0.1) is 13.8 Å². The summed E-state index contributed by atoms with van der Waals surface area (Å²) >= 11 is 1.63. The maximum Gasteiger partial charge on any atom is 0.251 e. The van der Waals surface area contributed by atoms with Crippen molar-refractivity contribution in [3.63, 3.8) is 0 Å². The lowest BCUT2D eigenvalue weighted by molar-refractivity contribution is 0.0935. The Balaban J connectivity index is 1.77. The van der Waals surface area contributed by atoms with Crippen LogP contribution in [-0.4, -0.2) is 17.7 Å². The van der Waals surface area contributed by atoms with E-state index in [2.05, 4.69) is 10.3 Å². The van der Waals surface area contributed by atoms with Gasteiger partial charge < -0.3 is 14.8 Å².